The van der Waals surface area contributed by atoms with Crippen LogP contribution in [0.15, 0.2) is 24.3 Å². The van der Waals surface area contributed by atoms with Crippen molar-refractivity contribution in [2.75, 3.05) is 13.6 Å². The van der Waals surface area contributed by atoms with Crippen LogP contribution in [0.1, 0.15) is 17.3 Å². The zero-order chi connectivity index (χ0) is 12.2. The Bertz CT molecular complexity index is 380. The minimum Gasteiger partial charge on any atom is -0.374 e. The first-order valence-corrected chi connectivity index (χ1v) is 5.27. The molecule has 0 fully saturated rings. The van der Waals surface area contributed by atoms with Crippen LogP contribution in [0.25, 0.3) is 0 Å². The Morgan fingerprint density at radius 1 is 1.56 bits per heavy atom. The van der Waals surface area contributed by atoms with Gasteiger partial charge in [-0.1, -0.05) is 17.7 Å². The van der Waals surface area contributed by atoms with E-state index in [1.54, 1.807) is 38.2 Å². The van der Waals surface area contributed by atoms with Crippen molar-refractivity contribution in [3.05, 3.63) is 34.9 Å². The molecule has 0 aliphatic carbocycles. The van der Waals surface area contributed by atoms with Crippen LogP contribution in [0, 0.1) is 0 Å². The van der Waals surface area contributed by atoms with Gasteiger partial charge in [-0.3, -0.25) is 10.1 Å². The first-order valence-electron chi connectivity index (χ1n) is 4.90. The molecular formula is C11H15ClN2O2. The summed E-state index contributed by atoms with van der Waals surface area (Å²) >= 11 is 5.76. The molecule has 1 amide bonds. The van der Waals surface area contributed by atoms with Gasteiger partial charge in [0.2, 0.25) is 0 Å². The highest BCUT2D eigenvalue weighted by molar-refractivity contribution is 6.30. The van der Waals surface area contributed by atoms with Gasteiger partial charge in [-0.05, 0) is 32.2 Å². The Hall–Kier alpha value is -1.10. The van der Waals surface area contributed by atoms with Gasteiger partial charge in [0.15, 0.2) is 0 Å². The molecule has 0 aliphatic rings. The smallest absolute Gasteiger partial charge is 0.251 e. The van der Waals surface area contributed by atoms with Crippen LogP contribution in [0.5, 0.6) is 0 Å². The lowest BCUT2D eigenvalue weighted by molar-refractivity contribution is 0.0312. The number of rotatable bonds is 4. The van der Waals surface area contributed by atoms with Crippen molar-refractivity contribution in [2.24, 2.45) is 0 Å². The monoisotopic (exact) mass is 242 g/mol. The summed E-state index contributed by atoms with van der Waals surface area (Å²) in [5.74, 6) is -0.266. The van der Waals surface area contributed by atoms with Gasteiger partial charge in [0.25, 0.3) is 5.91 Å². The molecule has 1 aromatic rings. The number of hydrogen-bond acceptors (Lipinski definition) is 3. The van der Waals surface area contributed by atoms with Gasteiger partial charge in [-0.15, -0.1) is 0 Å². The van der Waals surface area contributed by atoms with E-state index < -0.39 is 5.72 Å². The number of halogens is 1. The van der Waals surface area contributed by atoms with Gasteiger partial charge in [0.05, 0.1) is 6.54 Å². The third-order valence-electron chi connectivity index (χ3n) is 2.22. The maximum atomic E-state index is 11.7. The van der Waals surface area contributed by atoms with E-state index in [4.69, 9.17) is 11.6 Å². The van der Waals surface area contributed by atoms with Gasteiger partial charge in [-0.2, -0.15) is 0 Å². The predicted molar refractivity (Wildman–Crippen MR) is 63.5 cm³/mol. The Balaban J connectivity index is 2.60. The zero-order valence-electron chi connectivity index (χ0n) is 9.25. The van der Waals surface area contributed by atoms with Gasteiger partial charge in [0, 0.05) is 10.6 Å². The second kappa shape index (κ2) is 5.30. The molecule has 0 bridgehead atoms. The minimum atomic E-state index is -1.12. The molecule has 1 aromatic carbocycles. The number of carbonyl (C=O) groups excluding carboxylic acids is 1. The third kappa shape index (κ3) is 3.81. The molecule has 88 valence electrons. The summed E-state index contributed by atoms with van der Waals surface area (Å²) in [6.45, 7) is 1.69. The predicted octanol–water partition coefficient (Wildman–Crippen LogP) is 0.998. The van der Waals surface area contributed by atoms with Gasteiger partial charge < -0.3 is 10.4 Å². The van der Waals surface area contributed by atoms with E-state index in [-0.39, 0.29) is 12.5 Å². The molecule has 0 saturated heterocycles. The second-order valence-electron chi connectivity index (χ2n) is 3.72. The maximum absolute atomic E-state index is 11.7. The van der Waals surface area contributed by atoms with Crippen molar-refractivity contribution in [3.63, 3.8) is 0 Å². The van der Waals surface area contributed by atoms with E-state index in [0.717, 1.165) is 0 Å². The molecule has 4 nitrogen and oxygen atoms in total. The molecule has 1 rings (SSSR count). The summed E-state index contributed by atoms with van der Waals surface area (Å²) in [6, 6.07) is 6.63. The molecule has 0 radical (unpaired) electrons. The van der Waals surface area contributed by atoms with Crippen molar-refractivity contribution in [3.8, 4) is 0 Å². The average Bonchev–Trinajstić information content (AvgIpc) is 2.26. The molecule has 0 spiro atoms. The molecule has 0 saturated carbocycles. The largest absolute Gasteiger partial charge is 0.374 e. The van der Waals surface area contributed by atoms with Crippen LogP contribution in [0.4, 0.5) is 0 Å². The highest BCUT2D eigenvalue weighted by Crippen LogP contribution is 2.10. The fourth-order valence-electron chi connectivity index (χ4n) is 1.07. The number of aliphatic hydroxyl groups is 1. The quantitative estimate of drug-likeness (QED) is 0.691. The second-order valence-corrected chi connectivity index (χ2v) is 4.15. The molecule has 3 N–H and O–H groups in total. The van der Waals surface area contributed by atoms with Crippen molar-refractivity contribution in [1.82, 2.24) is 10.6 Å². The number of likely N-dealkylation sites (N-methyl/N-ethyl adjacent to an activating group) is 1. The van der Waals surface area contributed by atoms with E-state index in [1.807, 2.05) is 0 Å². The Labute approximate surface area is 99.6 Å². The average molecular weight is 243 g/mol. The SMILES string of the molecule is CNC(C)(O)CNC(=O)c1cccc(Cl)c1. The summed E-state index contributed by atoms with van der Waals surface area (Å²) in [6.07, 6.45) is 0. The lowest BCUT2D eigenvalue weighted by atomic mass is 10.2. The number of benzene rings is 1. The summed E-state index contributed by atoms with van der Waals surface area (Å²) < 4.78 is 0. The number of nitrogens with one attached hydrogen (secondary N) is 2. The fraction of sp³-hybridized carbons (Fsp3) is 0.364. The summed E-state index contributed by atoms with van der Waals surface area (Å²) in [7, 11) is 1.62. The Morgan fingerprint density at radius 3 is 2.81 bits per heavy atom. The van der Waals surface area contributed by atoms with Crippen LogP contribution in [-0.4, -0.2) is 30.3 Å². The van der Waals surface area contributed by atoms with Crippen LogP contribution in [0.2, 0.25) is 5.02 Å². The molecule has 1 atom stereocenters. The number of hydrogen-bond donors (Lipinski definition) is 3. The van der Waals surface area contributed by atoms with Gasteiger partial charge in [0.1, 0.15) is 5.72 Å². The third-order valence-corrected chi connectivity index (χ3v) is 2.45. The Morgan fingerprint density at radius 2 is 2.25 bits per heavy atom. The standard InChI is InChI=1S/C11H15ClN2O2/c1-11(16,13-2)7-14-10(15)8-4-3-5-9(12)6-8/h3-6,13,16H,7H2,1-2H3,(H,14,15). The van der Waals surface area contributed by atoms with E-state index >= 15 is 0 Å². The molecule has 0 aromatic heterocycles. The lowest BCUT2D eigenvalue weighted by Crippen LogP contribution is -2.49. The van der Waals surface area contributed by atoms with Crippen molar-refractivity contribution >= 4 is 17.5 Å². The fourth-order valence-corrected chi connectivity index (χ4v) is 1.26. The normalized spacial score (nSPS) is 14.2. The highest BCUT2D eigenvalue weighted by Gasteiger charge is 2.18. The van der Waals surface area contributed by atoms with Crippen LogP contribution >= 0.6 is 11.6 Å². The summed E-state index contributed by atoms with van der Waals surface area (Å²) in [5, 5.41) is 15.4. The first kappa shape index (κ1) is 13.0. The number of amides is 1. The van der Waals surface area contributed by atoms with E-state index in [0.29, 0.717) is 10.6 Å². The van der Waals surface area contributed by atoms with Crippen molar-refractivity contribution in [2.45, 2.75) is 12.6 Å². The summed E-state index contributed by atoms with van der Waals surface area (Å²) in [5.41, 5.74) is -0.645. The molecular weight excluding hydrogens is 228 g/mol. The Kier molecular flexibility index (Phi) is 4.29. The van der Waals surface area contributed by atoms with Crippen LogP contribution < -0.4 is 10.6 Å². The van der Waals surface area contributed by atoms with E-state index in [2.05, 4.69) is 10.6 Å². The van der Waals surface area contributed by atoms with Crippen LogP contribution in [-0.2, 0) is 0 Å². The molecule has 16 heavy (non-hydrogen) atoms. The van der Waals surface area contributed by atoms with Gasteiger partial charge in [-0.25, -0.2) is 0 Å². The first-order chi connectivity index (χ1) is 7.44. The molecule has 1 unspecified atom stereocenters. The molecule has 0 heterocycles. The zero-order valence-corrected chi connectivity index (χ0v) is 10.0. The topological polar surface area (TPSA) is 61.4 Å². The van der Waals surface area contributed by atoms with E-state index in [1.165, 1.54) is 0 Å². The number of carbonyl (C=O) groups is 1. The lowest BCUT2D eigenvalue weighted by Gasteiger charge is -2.22. The van der Waals surface area contributed by atoms with Crippen molar-refractivity contribution < 1.29 is 9.90 Å². The van der Waals surface area contributed by atoms with Crippen molar-refractivity contribution in [1.29, 1.82) is 0 Å². The highest BCUT2D eigenvalue weighted by atomic mass is 35.5. The van der Waals surface area contributed by atoms with Crippen LogP contribution in [0.3, 0.4) is 0 Å². The molecule has 5 heteroatoms. The van der Waals surface area contributed by atoms with Gasteiger partial charge >= 0.3 is 0 Å². The maximum Gasteiger partial charge on any atom is 0.251 e. The van der Waals surface area contributed by atoms with E-state index in [9.17, 15) is 9.90 Å². The molecule has 0 aliphatic heterocycles. The summed E-state index contributed by atoms with van der Waals surface area (Å²) in [4.78, 5) is 11.7. The minimum absolute atomic E-state index is 0.120.